The summed E-state index contributed by atoms with van der Waals surface area (Å²) in [7, 11) is -3.99. The first-order chi connectivity index (χ1) is 10.8. The van der Waals surface area contributed by atoms with Crippen molar-refractivity contribution < 1.29 is 13.2 Å². The molecule has 0 saturated heterocycles. The largest absolute Gasteiger partial charge is 0.322 e. The zero-order chi connectivity index (χ0) is 17.0. The molecule has 0 aliphatic carbocycles. The Morgan fingerprint density at radius 2 is 1.83 bits per heavy atom. The molecule has 0 saturated carbocycles. The normalized spacial score (nSPS) is 11.3. The third kappa shape index (κ3) is 4.54. The van der Waals surface area contributed by atoms with Gasteiger partial charge >= 0.3 is 0 Å². The van der Waals surface area contributed by atoms with E-state index < -0.39 is 15.9 Å². The molecule has 3 N–H and O–H groups in total. The third-order valence-corrected chi connectivity index (χ3v) is 4.64. The molecule has 0 aliphatic heterocycles. The molecule has 0 aromatic heterocycles. The lowest BCUT2D eigenvalue weighted by Gasteiger charge is -2.08. The van der Waals surface area contributed by atoms with Gasteiger partial charge in [0.2, 0.25) is 10.0 Å². The fourth-order valence-corrected chi connectivity index (χ4v) is 3.18. The number of anilines is 1. The molecule has 0 fully saturated rings. The van der Waals surface area contributed by atoms with E-state index in [-0.39, 0.29) is 15.5 Å². The first-order valence-corrected chi connectivity index (χ1v) is 8.96. The molecule has 2 aromatic carbocycles. The Balaban J connectivity index is 2.21. The second-order valence-corrected chi connectivity index (χ2v) is 7.03. The van der Waals surface area contributed by atoms with E-state index in [9.17, 15) is 13.2 Å². The lowest BCUT2D eigenvalue weighted by Crippen LogP contribution is -2.16. The average Bonchev–Trinajstić information content (AvgIpc) is 2.48. The van der Waals surface area contributed by atoms with Crippen LogP contribution in [0.1, 0.15) is 29.3 Å². The van der Waals surface area contributed by atoms with Crippen LogP contribution < -0.4 is 10.5 Å². The van der Waals surface area contributed by atoms with E-state index in [2.05, 4.69) is 12.2 Å². The highest BCUT2D eigenvalue weighted by Gasteiger charge is 2.16. The number of rotatable bonds is 5. The third-order valence-electron chi connectivity index (χ3n) is 3.25. The summed E-state index contributed by atoms with van der Waals surface area (Å²) in [6, 6.07) is 11.4. The highest BCUT2D eigenvalue weighted by atomic mass is 35.5. The standard InChI is InChI=1S/C16H17ClN2O3S/c1-2-3-11-4-7-13(8-5-11)19-16(20)12-6-9-14(17)15(10-12)23(18,21)22/h4-10H,2-3H2,1H3,(H,19,20)(H2,18,21,22). The predicted octanol–water partition coefficient (Wildman–Crippen LogP) is 3.19. The zero-order valence-electron chi connectivity index (χ0n) is 12.5. The van der Waals surface area contributed by atoms with E-state index >= 15 is 0 Å². The number of benzene rings is 2. The van der Waals surface area contributed by atoms with Crippen molar-refractivity contribution in [2.24, 2.45) is 5.14 Å². The monoisotopic (exact) mass is 352 g/mol. The molecule has 0 radical (unpaired) electrons. The fourth-order valence-electron chi connectivity index (χ4n) is 2.11. The molecule has 2 rings (SSSR count). The van der Waals surface area contributed by atoms with Gasteiger partial charge in [0.1, 0.15) is 4.90 Å². The number of nitrogens with one attached hydrogen (secondary N) is 1. The number of hydrogen-bond donors (Lipinski definition) is 2. The van der Waals surface area contributed by atoms with Crippen molar-refractivity contribution in [2.45, 2.75) is 24.7 Å². The second-order valence-electron chi connectivity index (χ2n) is 5.09. The highest BCUT2D eigenvalue weighted by molar-refractivity contribution is 7.89. The number of primary sulfonamides is 1. The summed E-state index contributed by atoms with van der Waals surface area (Å²) in [4.78, 5) is 12.0. The van der Waals surface area contributed by atoms with Crippen LogP contribution in [-0.2, 0) is 16.4 Å². The number of carbonyl (C=O) groups excluding carboxylic acids is 1. The number of nitrogens with two attached hydrogens (primary N) is 1. The molecule has 7 heteroatoms. The SMILES string of the molecule is CCCc1ccc(NC(=O)c2ccc(Cl)c(S(N)(=O)=O)c2)cc1. The fraction of sp³-hybridized carbons (Fsp3) is 0.188. The van der Waals surface area contributed by atoms with Gasteiger partial charge in [-0.1, -0.05) is 37.1 Å². The summed E-state index contributed by atoms with van der Waals surface area (Å²) in [6.45, 7) is 2.10. The Morgan fingerprint density at radius 3 is 2.39 bits per heavy atom. The van der Waals surface area contributed by atoms with Crippen molar-refractivity contribution >= 4 is 33.2 Å². The minimum atomic E-state index is -3.99. The second kappa shape index (κ2) is 7.12. The minimum Gasteiger partial charge on any atom is -0.322 e. The number of sulfonamides is 1. The predicted molar refractivity (Wildman–Crippen MR) is 91.2 cm³/mol. The zero-order valence-corrected chi connectivity index (χ0v) is 14.1. The highest BCUT2D eigenvalue weighted by Crippen LogP contribution is 2.22. The van der Waals surface area contributed by atoms with Gasteiger partial charge in [-0.25, -0.2) is 13.6 Å². The summed E-state index contributed by atoms with van der Waals surface area (Å²) in [5.74, 6) is -0.435. The maximum atomic E-state index is 12.2. The van der Waals surface area contributed by atoms with Gasteiger partial charge in [-0.15, -0.1) is 0 Å². The van der Waals surface area contributed by atoms with Gasteiger partial charge in [0.05, 0.1) is 5.02 Å². The van der Waals surface area contributed by atoms with Gasteiger partial charge < -0.3 is 5.32 Å². The lowest BCUT2D eigenvalue weighted by atomic mass is 10.1. The molecule has 5 nitrogen and oxygen atoms in total. The number of amides is 1. The van der Waals surface area contributed by atoms with Crippen LogP contribution in [-0.4, -0.2) is 14.3 Å². The van der Waals surface area contributed by atoms with Crippen molar-refractivity contribution in [3.63, 3.8) is 0 Å². The van der Waals surface area contributed by atoms with Crippen LogP contribution in [0.25, 0.3) is 0 Å². The smallest absolute Gasteiger partial charge is 0.255 e. The van der Waals surface area contributed by atoms with Gasteiger partial charge in [0, 0.05) is 11.3 Å². The van der Waals surface area contributed by atoms with Gasteiger partial charge in [-0.3, -0.25) is 4.79 Å². The number of halogens is 1. The van der Waals surface area contributed by atoms with Crippen LogP contribution in [0.15, 0.2) is 47.4 Å². The summed E-state index contributed by atoms with van der Waals surface area (Å²) in [6.07, 6.45) is 2.02. The Bertz CT molecular complexity index is 818. The summed E-state index contributed by atoms with van der Waals surface area (Å²) in [5.41, 5.74) is 1.98. The van der Waals surface area contributed by atoms with Gasteiger partial charge in [-0.05, 0) is 42.3 Å². The van der Waals surface area contributed by atoms with E-state index in [0.29, 0.717) is 5.69 Å². The maximum absolute atomic E-state index is 12.2. The van der Waals surface area contributed by atoms with Crippen molar-refractivity contribution in [1.82, 2.24) is 0 Å². The van der Waals surface area contributed by atoms with Crippen molar-refractivity contribution in [2.75, 3.05) is 5.32 Å². The molecule has 2 aromatic rings. The van der Waals surface area contributed by atoms with Crippen molar-refractivity contribution in [3.8, 4) is 0 Å². The Hall–Kier alpha value is -1.89. The van der Waals surface area contributed by atoms with Crippen LogP contribution in [0.5, 0.6) is 0 Å². The molecular formula is C16H17ClN2O3S. The Morgan fingerprint density at radius 1 is 1.17 bits per heavy atom. The minimum absolute atomic E-state index is 0.0204. The van der Waals surface area contributed by atoms with Crippen LogP contribution in [0.2, 0.25) is 5.02 Å². The van der Waals surface area contributed by atoms with Gasteiger partial charge in [0.15, 0.2) is 0 Å². The number of carbonyl (C=O) groups is 1. The van der Waals surface area contributed by atoms with Crippen molar-refractivity contribution in [1.29, 1.82) is 0 Å². The topological polar surface area (TPSA) is 89.3 Å². The van der Waals surface area contributed by atoms with Gasteiger partial charge in [0.25, 0.3) is 5.91 Å². The maximum Gasteiger partial charge on any atom is 0.255 e. The molecule has 0 aliphatic rings. The summed E-state index contributed by atoms with van der Waals surface area (Å²) >= 11 is 5.80. The van der Waals surface area contributed by atoms with E-state index in [1.807, 2.05) is 12.1 Å². The Labute approximate surface area is 140 Å². The quantitative estimate of drug-likeness (QED) is 0.865. The van der Waals surface area contributed by atoms with Crippen molar-refractivity contribution in [3.05, 3.63) is 58.6 Å². The van der Waals surface area contributed by atoms with E-state index in [1.165, 1.54) is 23.8 Å². The van der Waals surface area contributed by atoms with Crippen LogP contribution in [0.3, 0.4) is 0 Å². The van der Waals surface area contributed by atoms with Crippen LogP contribution in [0.4, 0.5) is 5.69 Å². The van der Waals surface area contributed by atoms with Crippen LogP contribution >= 0.6 is 11.6 Å². The molecule has 0 heterocycles. The first-order valence-electron chi connectivity index (χ1n) is 7.04. The number of aryl methyl sites for hydroxylation is 1. The van der Waals surface area contributed by atoms with E-state index in [1.54, 1.807) is 12.1 Å². The average molecular weight is 353 g/mol. The summed E-state index contributed by atoms with van der Waals surface area (Å²) < 4.78 is 22.9. The molecule has 0 spiro atoms. The molecule has 23 heavy (non-hydrogen) atoms. The lowest BCUT2D eigenvalue weighted by molar-refractivity contribution is 0.102. The van der Waals surface area contributed by atoms with E-state index in [4.69, 9.17) is 16.7 Å². The molecule has 0 bridgehead atoms. The first kappa shape index (κ1) is 17.5. The number of hydrogen-bond acceptors (Lipinski definition) is 3. The molecule has 1 amide bonds. The van der Waals surface area contributed by atoms with E-state index in [0.717, 1.165) is 12.8 Å². The molecule has 0 atom stereocenters. The summed E-state index contributed by atoms with van der Waals surface area (Å²) in [5, 5.41) is 7.77. The molecular weight excluding hydrogens is 336 g/mol. The van der Waals surface area contributed by atoms with Gasteiger partial charge in [-0.2, -0.15) is 0 Å². The molecule has 122 valence electrons. The molecule has 0 unspecified atom stereocenters. The van der Waals surface area contributed by atoms with Crippen LogP contribution in [0, 0.1) is 0 Å². The Kier molecular flexibility index (Phi) is 5.41.